The van der Waals surface area contributed by atoms with Crippen molar-refractivity contribution in [1.82, 2.24) is 0 Å². The van der Waals surface area contributed by atoms with Gasteiger partial charge in [-0.05, 0) is 37.0 Å². The summed E-state index contributed by atoms with van der Waals surface area (Å²) in [5.41, 5.74) is -7.17. The van der Waals surface area contributed by atoms with Crippen LogP contribution < -0.4 is 0 Å². The molecule has 0 saturated carbocycles. The third kappa shape index (κ3) is 6.01. The molecule has 0 amide bonds. The number of hydrogen-bond donors (Lipinski definition) is 1. The first-order valence-electron chi connectivity index (χ1n) is 9.49. The van der Waals surface area contributed by atoms with Gasteiger partial charge in [-0.3, -0.25) is 4.79 Å². The highest BCUT2D eigenvalue weighted by atomic mass is 19.4. The number of halogens is 6. The highest BCUT2D eigenvalue weighted by Crippen LogP contribution is 2.52. The molecule has 2 atom stereocenters. The fourth-order valence-electron chi connectivity index (χ4n) is 3.42. The average Bonchev–Trinajstić information content (AvgIpc) is 2.41. The van der Waals surface area contributed by atoms with E-state index >= 15 is 0 Å². The molecule has 0 fully saturated rings. The number of rotatable bonds is 7. The number of aliphatic hydroxyl groups is 1. The maximum Gasteiger partial charge on any atom is 0.426 e. The molecule has 0 aromatic carbocycles. The zero-order valence-corrected chi connectivity index (χ0v) is 18.6. The van der Waals surface area contributed by atoms with Crippen molar-refractivity contribution in [2.24, 2.45) is 22.2 Å². The SMILES string of the molecule is CC(CC(O)(C(F)(F)F)C(F)(F)F)OC(=O)C(C)(CC(C)(C)C)C(C)(C)C(C)C. The summed E-state index contributed by atoms with van der Waals surface area (Å²) in [5.74, 6) is -0.912. The molecule has 0 aliphatic rings. The smallest absolute Gasteiger partial charge is 0.426 e. The summed E-state index contributed by atoms with van der Waals surface area (Å²) < 4.78 is 82.7. The Morgan fingerprint density at radius 3 is 1.52 bits per heavy atom. The van der Waals surface area contributed by atoms with Crippen LogP contribution in [0.1, 0.15) is 75.2 Å². The summed E-state index contributed by atoms with van der Waals surface area (Å²) in [7, 11) is 0. The van der Waals surface area contributed by atoms with Crippen molar-refractivity contribution in [3.63, 3.8) is 0 Å². The van der Waals surface area contributed by atoms with E-state index in [1.165, 1.54) is 0 Å². The van der Waals surface area contributed by atoms with Gasteiger partial charge < -0.3 is 9.84 Å². The van der Waals surface area contributed by atoms with Crippen molar-refractivity contribution in [2.45, 2.75) is 99.2 Å². The number of carbonyl (C=O) groups excluding carboxylic acids is 1. The molecule has 0 radical (unpaired) electrons. The van der Waals surface area contributed by atoms with Crippen molar-refractivity contribution in [1.29, 1.82) is 0 Å². The summed E-state index contributed by atoms with van der Waals surface area (Å²) in [4.78, 5) is 13.0. The third-order valence-electron chi connectivity index (χ3n) is 6.03. The van der Waals surface area contributed by atoms with E-state index in [4.69, 9.17) is 4.74 Å². The van der Waals surface area contributed by atoms with Crippen LogP contribution in [0.4, 0.5) is 26.3 Å². The number of alkyl halides is 6. The minimum absolute atomic E-state index is 0.0278. The molecule has 0 spiro atoms. The molecular formula is C20H34F6O3. The fraction of sp³-hybridized carbons (Fsp3) is 0.950. The second kappa shape index (κ2) is 8.27. The lowest BCUT2D eigenvalue weighted by atomic mass is 9.56. The molecule has 9 heteroatoms. The summed E-state index contributed by atoms with van der Waals surface area (Å²) in [6.45, 7) is 15.6. The van der Waals surface area contributed by atoms with E-state index < -0.39 is 47.3 Å². The number of hydrogen-bond acceptors (Lipinski definition) is 3. The predicted molar refractivity (Wildman–Crippen MR) is 98.0 cm³/mol. The first-order chi connectivity index (χ1) is 12.4. The lowest BCUT2D eigenvalue weighted by Crippen LogP contribution is -2.58. The zero-order chi connectivity index (χ0) is 23.9. The fourth-order valence-corrected chi connectivity index (χ4v) is 3.42. The molecule has 0 aliphatic heterocycles. The topological polar surface area (TPSA) is 46.5 Å². The second-order valence-electron chi connectivity index (χ2n) is 10.2. The minimum Gasteiger partial charge on any atom is -0.462 e. The minimum atomic E-state index is -5.96. The van der Waals surface area contributed by atoms with E-state index in [-0.39, 0.29) is 11.3 Å². The van der Waals surface area contributed by atoms with Gasteiger partial charge in [-0.1, -0.05) is 48.5 Å². The highest BCUT2D eigenvalue weighted by molar-refractivity contribution is 5.77. The molecule has 1 N–H and O–H groups in total. The Bertz CT molecular complexity index is 558. The van der Waals surface area contributed by atoms with Crippen molar-refractivity contribution >= 4 is 5.97 Å². The van der Waals surface area contributed by atoms with Crippen molar-refractivity contribution in [3.8, 4) is 0 Å². The second-order valence-corrected chi connectivity index (χ2v) is 10.2. The van der Waals surface area contributed by atoms with Crippen LogP contribution in [0.2, 0.25) is 0 Å². The maximum absolute atomic E-state index is 13.0. The van der Waals surface area contributed by atoms with Crippen LogP contribution in [0.15, 0.2) is 0 Å². The van der Waals surface area contributed by atoms with Gasteiger partial charge in [0.25, 0.3) is 5.60 Å². The van der Waals surface area contributed by atoms with E-state index in [1.54, 1.807) is 6.92 Å². The van der Waals surface area contributed by atoms with Crippen LogP contribution in [0, 0.1) is 22.2 Å². The van der Waals surface area contributed by atoms with Gasteiger partial charge in [-0.15, -0.1) is 0 Å². The summed E-state index contributed by atoms with van der Waals surface area (Å²) in [6.07, 6.45) is -15.3. The number of ether oxygens (including phenoxy) is 1. The van der Waals surface area contributed by atoms with Gasteiger partial charge in [0.1, 0.15) is 6.10 Å². The van der Waals surface area contributed by atoms with Crippen LogP contribution in [-0.2, 0) is 9.53 Å². The Morgan fingerprint density at radius 1 is 0.862 bits per heavy atom. The normalized spacial score (nSPS) is 17.8. The van der Waals surface area contributed by atoms with Crippen LogP contribution in [0.5, 0.6) is 0 Å². The molecule has 2 unspecified atom stereocenters. The molecule has 0 rings (SSSR count). The summed E-state index contributed by atoms with van der Waals surface area (Å²) in [6, 6.07) is 0. The number of esters is 1. The molecule has 0 aromatic rings. The van der Waals surface area contributed by atoms with E-state index in [0.717, 1.165) is 6.92 Å². The predicted octanol–water partition coefficient (Wildman–Crippen LogP) is 6.29. The largest absolute Gasteiger partial charge is 0.462 e. The Morgan fingerprint density at radius 2 is 1.24 bits per heavy atom. The monoisotopic (exact) mass is 436 g/mol. The lowest BCUT2D eigenvalue weighted by molar-refractivity contribution is -0.373. The van der Waals surface area contributed by atoms with Crippen LogP contribution in [-0.4, -0.2) is 35.1 Å². The number of carbonyl (C=O) groups is 1. The van der Waals surface area contributed by atoms with Crippen LogP contribution >= 0.6 is 0 Å². The molecule has 29 heavy (non-hydrogen) atoms. The quantitative estimate of drug-likeness (QED) is 0.377. The van der Waals surface area contributed by atoms with Gasteiger partial charge in [0.05, 0.1) is 5.41 Å². The molecule has 0 aliphatic carbocycles. The van der Waals surface area contributed by atoms with Gasteiger partial charge in [-0.2, -0.15) is 26.3 Å². The Balaban J connectivity index is 5.89. The molecular weight excluding hydrogens is 402 g/mol. The van der Waals surface area contributed by atoms with E-state index in [1.807, 2.05) is 48.5 Å². The summed E-state index contributed by atoms with van der Waals surface area (Å²) in [5, 5.41) is 9.36. The third-order valence-corrected chi connectivity index (χ3v) is 6.03. The molecule has 0 saturated heterocycles. The molecule has 3 nitrogen and oxygen atoms in total. The lowest BCUT2D eigenvalue weighted by Gasteiger charge is -2.48. The van der Waals surface area contributed by atoms with Crippen LogP contribution in [0.25, 0.3) is 0 Å². The van der Waals surface area contributed by atoms with Gasteiger partial charge in [0.15, 0.2) is 0 Å². The Hall–Kier alpha value is -0.990. The van der Waals surface area contributed by atoms with Gasteiger partial charge in [0, 0.05) is 6.42 Å². The van der Waals surface area contributed by atoms with Crippen molar-refractivity contribution in [3.05, 3.63) is 0 Å². The summed E-state index contributed by atoms with van der Waals surface area (Å²) >= 11 is 0. The van der Waals surface area contributed by atoms with Crippen molar-refractivity contribution < 1.29 is 41.0 Å². The first kappa shape index (κ1) is 28.0. The Kier molecular flexibility index (Phi) is 7.99. The highest BCUT2D eigenvalue weighted by Gasteiger charge is 2.70. The zero-order valence-electron chi connectivity index (χ0n) is 18.6. The van der Waals surface area contributed by atoms with Crippen LogP contribution in [0.3, 0.4) is 0 Å². The van der Waals surface area contributed by atoms with Gasteiger partial charge in [0.2, 0.25) is 0 Å². The average molecular weight is 436 g/mol. The van der Waals surface area contributed by atoms with Gasteiger partial charge in [-0.25, -0.2) is 0 Å². The standard InChI is InChI=1S/C20H34F6O3/c1-12(2)16(7,8)17(9,11-15(4,5)6)14(27)29-13(3)10-18(28,19(21,22)23)20(24,25)26/h12-13,28H,10-11H2,1-9H3. The first-order valence-corrected chi connectivity index (χ1v) is 9.49. The van der Waals surface area contributed by atoms with E-state index in [0.29, 0.717) is 6.42 Å². The Labute approximate surface area is 169 Å². The van der Waals surface area contributed by atoms with E-state index in [9.17, 15) is 36.2 Å². The van der Waals surface area contributed by atoms with Gasteiger partial charge >= 0.3 is 18.3 Å². The molecule has 0 bridgehead atoms. The molecule has 0 heterocycles. The van der Waals surface area contributed by atoms with Crippen molar-refractivity contribution in [2.75, 3.05) is 0 Å². The van der Waals surface area contributed by atoms with E-state index in [2.05, 4.69) is 0 Å². The molecule has 174 valence electrons. The maximum atomic E-state index is 13.0. The molecule has 0 aromatic heterocycles.